The van der Waals surface area contributed by atoms with Gasteiger partial charge in [-0.15, -0.1) is 11.3 Å². The molecule has 0 unspecified atom stereocenters. The van der Waals surface area contributed by atoms with Gasteiger partial charge in [0.15, 0.2) is 0 Å². The van der Waals surface area contributed by atoms with Crippen molar-refractivity contribution in [2.75, 3.05) is 26.2 Å². The molecule has 2 heterocycles. The number of piperazine rings is 1. The normalized spacial score (nSPS) is 14.8. The molecular weight excluding hydrogens is 329 g/mol. The third-order valence-electron chi connectivity index (χ3n) is 4.02. The first-order chi connectivity index (χ1) is 11.5. The lowest BCUT2D eigenvalue weighted by Gasteiger charge is -2.34. The van der Waals surface area contributed by atoms with E-state index in [1.165, 1.54) is 23.5 Å². The molecule has 2 amide bonds. The van der Waals surface area contributed by atoms with Crippen molar-refractivity contribution in [3.8, 4) is 0 Å². The van der Waals surface area contributed by atoms with Crippen molar-refractivity contribution in [1.29, 1.82) is 0 Å². The highest BCUT2D eigenvalue weighted by molar-refractivity contribution is 7.09. The molecule has 1 fully saturated rings. The SMILES string of the molecule is Cc1nc(CC(=O)N2CCN(C(=O)c3ccccc3F)CC2)cs1. The molecule has 1 aromatic heterocycles. The van der Waals surface area contributed by atoms with Crippen LogP contribution in [-0.4, -0.2) is 52.8 Å². The number of amides is 2. The Kier molecular flexibility index (Phi) is 4.89. The predicted molar refractivity (Wildman–Crippen MR) is 89.4 cm³/mol. The third kappa shape index (κ3) is 3.62. The molecule has 0 spiro atoms. The Hall–Kier alpha value is -2.28. The number of rotatable bonds is 3. The fourth-order valence-corrected chi connectivity index (χ4v) is 3.33. The van der Waals surface area contributed by atoms with E-state index in [1.54, 1.807) is 21.9 Å². The molecule has 0 atom stereocenters. The largest absolute Gasteiger partial charge is 0.339 e. The van der Waals surface area contributed by atoms with Crippen LogP contribution in [0.15, 0.2) is 29.6 Å². The van der Waals surface area contributed by atoms with Gasteiger partial charge >= 0.3 is 0 Å². The first kappa shape index (κ1) is 16.6. The van der Waals surface area contributed by atoms with Crippen molar-refractivity contribution in [1.82, 2.24) is 14.8 Å². The maximum absolute atomic E-state index is 13.7. The molecule has 7 heteroatoms. The molecule has 1 aliphatic rings. The van der Waals surface area contributed by atoms with E-state index in [2.05, 4.69) is 4.98 Å². The van der Waals surface area contributed by atoms with Crippen molar-refractivity contribution in [3.05, 3.63) is 51.7 Å². The minimum atomic E-state index is -0.514. The number of aromatic nitrogens is 1. The lowest BCUT2D eigenvalue weighted by molar-refractivity contribution is -0.132. The Bertz CT molecular complexity index is 754. The van der Waals surface area contributed by atoms with Crippen molar-refractivity contribution in [2.45, 2.75) is 13.3 Å². The first-order valence-corrected chi connectivity index (χ1v) is 8.65. The van der Waals surface area contributed by atoms with E-state index in [1.807, 2.05) is 12.3 Å². The number of halogens is 1. The van der Waals surface area contributed by atoms with Crippen LogP contribution < -0.4 is 0 Å². The Morgan fingerprint density at radius 1 is 1.17 bits per heavy atom. The fourth-order valence-electron chi connectivity index (χ4n) is 2.72. The van der Waals surface area contributed by atoms with Crippen LogP contribution in [0.3, 0.4) is 0 Å². The molecule has 0 radical (unpaired) electrons. The Balaban J connectivity index is 1.56. The van der Waals surface area contributed by atoms with E-state index in [0.29, 0.717) is 26.2 Å². The summed E-state index contributed by atoms with van der Waals surface area (Å²) in [5, 5.41) is 2.84. The molecule has 3 rings (SSSR count). The third-order valence-corrected chi connectivity index (χ3v) is 4.85. The van der Waals surface area contributed by atoms with Gasteiger partial charge in [0.05, 0.1) is 22.7 Å². The monoisotopic (exact) mass is 347 g/mol. The van der Waals surface area contributed by atoms with E-state index in [9.17, 15) is 14.0 Å². The van der Waals surface area contributed by atoms with Crippen LogP contribution in [0.4, 0.5) is 4.39 Å². The zero-order valence-corrected chi connectivity index (χ0v) is 14.2. The number of hydrogen-bond donors (Lipinski definition) is 0. The number of carbonyl (C=O) groups excluding carboxylic acids is 2. The van der Waals surface area contributed by atoms with Crippen molar-refractivity contribution in [2.24, 2.45) is 0 Å². The summed E-state index contributed by atoms with van der Waals surface area (Å²) in [6.07, 6.45) is 0.283. The van der Waals surface area contributed by atoms with Gasteiger partial charge in [0.2, 0.25) is 5.91 Å². The summed E-state index contributed by atoms with van der Waals surface area (Å²) in [6.45, 7) is 3.65. The van der Waals surface area contributed by atoms with E-state index < -0.39 is 5.82 Å². The first-order valence-electron chi connectivity index (χ1n) is 7.77. The number of nitrogens with zero attached hydrogens (tertiary/aromatic N) is 3. The average molecular weight is 347 g/mol. The second kappa shape index (κ2) is 7.09. The topological polar surface area (TPSA) is 53.5 Å². The van der Waals surface area contributed by atoms with Gasteiger partial charge in [0.1, 0.15) is 5.82 Å². The summed E-state index contributed by atoms with van der Waals surface area (Å²) < 4.78 is 13.7. The van der Waals surface area contributed by atoms with Gasteiger partial charge in [-0.25, -0.2) is 9.37 Å². The molecule has 126 valence electrons. The van der Waals surface area contributed by atoms with E-state index in [-0.39, 0.29) is 23.8 Å². The zero-order valence-electron chi connectivity index (χ0n) is 13.4. The van der Waals surface area contributed by atoms with Gasteiger partial charge in [0, 0.05) is 31.6 Å². The number of carbonyl (C=O) groups is 2. The van der Waals surface area contributed by atoms with Crippen LogP contribution >= 0.6 is 11.3 Å². The highest BCUT2D eigenvalue weighted by Gasteiger charge is 2.26. The molecule has 24 heavy (non-hydrogen) atoms. The maximum atomic E-state index is 13.7. The average Bonchev–Trinajstić information content (AvgIpc) is 2.99. The number of hydrogen-bond acceptors (Lipinski definition) is 4. The molecule has 0 N–H and O–H groups in total. The van der Waals surface area contributed by atoms with Crippen LogP contribution in [0.2, 0.25) is 0 Å². The minimum Gasteiger partial charge on any atom is -0.339 e. The van der Waals surface area contributed by atoms with Crippen LogP contribution in [0.1, 0.15) is 21.1 Å². The number of aryl methyl sites for hydroxylation is 1. The molecule has 1 aromatic carbocycles. The zero-order chi connectivity index (χ0) is 17.1. The second-order valence-electron chi connectivity index (χ2n) is 5.69. The van der Waals surface area contributed by atoms with Crippen LogP contribution in [-0.2, 0) is 11.2 Å². The molecule has 5 nitrogen and oxygen atoms in total. The fraction of sp³-hybridized carbons (Fsp3) is 0.353. The Labute approximate surface area is 143 Å². The molecule has 1 aliphatic heterocycles. The second-order valence-corrected chi connectivity index (χ2v) is 6.75. The summed E-state index contributed by atoms with van der Waals surface area (Å²) in [7, 11) is 0. The molecule has 0 aliphatic carbocycles. The van der Waals surface area contributed by atoms with Crippen molar-refractivity contribution in [3.63, 3.8) is 0 Å². The van der Waals surface area contributed by atoms with Crippen LogP contribution in [0.5, 0.6) is 0 Å². The van der Waals surface area contributed by atoms with Gasteiger partial charge in [-0.05, 0) is 19.1 Å². The Morgan fingerprint density at radius 3 is 2.46 bits per heavy atom. The van der Waals surface area contributed by atoms with E-state index in [4.69, 9.17) is 0 Å². The predicted octanol–water partition coefficient (Wildman–Crippen LogP) is 2.12. The minimum absolute atomic E-state index is 0.0123. The van der Waals surface area contributed by atoms with E-state index in [0.717, 1.165) is 10.7 Å². The molecule has 1 saturated heterocycles. The van der Waals surface area contributed by atoms with Gasteiger partial charge in [-0.3, -0.25) is 9.59 Å². The van der Waals surface area contributed by atoms with Gasteiger partial charge in [0.25, 0.3) is 5.91 Å². The summed E-state index contributed by atoms with van der Waals surface area (Å²) >= 11 is 1.53. The van der Waals surface area contributed by atoms with Crippen molar-refractivity contribution < 1.29 is 14.0 Å². The summed E-state index contributed by atoms with van der Waals surface area (Å²) in [5.41, 5.74) is 0.864. The smallest absolute Gasteiger partial charge is 0.256 e. The quantitative estimate of drug-likeness (QED) is 0.855. The number of benzene rings is 1. The standard InChI is InChI=1S/C17H18FN3O2S/c1-12-19-13(11-24-12)10-16(22)20-6-8-21(9-7-20)17(23)14-4-2-3-5-15(14)18/h2-5,11H,6-10H2,1H3. The van der Waals surface area contributed by atoms with Crippen LogP contribution in [0.25, 0.3) is 0 Å². The maximum Gasteiger partial charge on any atom is 0.256 e. The highest BCUT2D eigenvalue weighted by Crippen LogP contribution is 2.14. The van der Waals surface area contributed by atoms with Gasteiger partial charge < -0.3 is 9.80 Å². The lowest BCUT2D eigenvalue weighted by atomic mass is 10.1. The molecule has 0 bridgehead atoms. The van der Waals surface area contributed by atoms with Gasteiger partial charge in [-0.2, -0.15) is 0 Å². The Morgan fingerprint density at radius 2 is 1.83 bits per heavy atom. The number of thiazole rings is 1. The molecular formula is C17H18FN3O2S. The van der Waals surface area contributed by atoms with Crippen molar-refractivity contribution >= 4 is 23.2 Å². The van der Waals surface area contributed by atoms with E-state index >= 15 is 0 Å². The molecule has 0 saturated carbocycles. The summed E-state index contributed by atoms with van der Waals surface area (Å²) in [6, 6.07) is 5.97. The lowest BCUT2D eigenvalue weighted by Crippen LogP contribution is -2.51. The van der Waals surface area contributed by atoms with Gasteiger partial charge in [-0.1, -0.05) is 12.1 Å². The summed E-state index contributed by atoms with van der Waals surface area (Å²) in [4.78, 5) is 32.3. The van der Waals surface area contributed by atoms with Crippen LogP contribution in [0, 0.1) is 12.7 Å². The highest BCUT2D eigenvalue weighted by atomic mass is 32.1. The summed E-state index contributed by atoms with van der Waals surface area (Å²) in [5.74, 6) is -0.825. The molecule has 2 aromatic rings.